The summed E-state index contributed by atoms with van der Waals surface area (Å²) in [4.78, 5) is 23.3. The molecule has 0 saturated carbocycles. The van der Waals surface area contributed by atoms with E-state index in [1.807, 2.05) is 6.07 Å². The van der Waals surface area contributed by atoms with Gasteiger partial charge in [0.2, 0.25) is 0 Å². The Morgan fingerprint density at radius 1 is 1.17 bits per heavy atom. The minimum absolute atomic E-state index is 0.168. The highest BCUT2D eigenvalue weighted by Gasteiger charge is 2.14. The number of carbonyl (C=O) groups excluding carboxylic acids is 1. The van der Waals surface area contributed by atoms with E-state index in [0.29, 0.717) is 34.4 Å². The molecule has 0 unspecified atom stereocenters. The molecule has 0 aliphatic rings. The van der Waals surface area contributed by atoms with E-state index in [0.717, 1.165) is 0 Å². The summed E-state index contributed by atoms with van der Waals surface area (Å²) >= 11 is 5.96. The maximum Gasteiger partial charge on any atom is 0.341 e. The minimum atomic E-state index is -1.12. The molecule has 0 aromatic heterocycles. The van der Waals surface area contributed by atoms with Crippen molar-refractivity contribution < 1.29 is 28.9 Å². The molecule has 0 spiro atoms. The van der Waals surface area contributed by atoms with Gasteiger partial charge in [-0.05, 0) is 48.9 Å². The number of anilines is 1. The third-order valence-corrected chi connectivity index (χ3v) is 3.94. The largest absolute Gasteiger partial charge is 0.495 e. The van der Waals surface area contributed by atoms with Gasteiger partial charge in [0, 0.05) is 5.02 Å². The second-order valence-corrected chi connectivity index (χ2v) is 6.23. The standard InChI is InChI=1S/C21H19ClN2O6/c1-3-29-19-9-13(4-6-18(19)30-12-20(25)26)8-14(11-23)21(27)24-16-10-15(22)5-7-17(16)28-2/h4-10H,3,12H2,1-2H3,(H,24,27)(H,25,26)/b14-8+. The summed E-state index contributed by atoms with van der Waals surface area (Å²) in [5, 5.41) is 21.2. The Morgan fingerprint density at radius 2 is 1.90 bits per heavy atom. The van der Waals surface area contributed by atoms with Crippen molar-refractivity contribution in [3.8, 4) is 23.3 Å². The first-order valence-electron chi connectivity index (χ1n) is 8.76. The minimum Gasteiger partial charge on any atom is -0.495 e. The molecule has 0 aliphatic carbocycles. The highest BCUT2D eigenvalue weighted by atomic mass is 35.5. The van der Waals surface area contributed by atoms with Gasteiger partial charge < -0.3 is 24.6 Å². The quantitative estimate of drug-likeness (QED) is 0.459. The molecule has 0 heterocycles. The molecule has 2 aromatic carbocycles. The van der Waals surface area contributed by atoms with Crippen LogP contribution in [0.3, 0.4) is 0 Å². The summed E-state index contributed by atoms with van der Waals surface area (Å²) in [6, 6.07) is 11.2. The van der Waals surface area contributed by atoms with Crippen LogP contribution in [-0.2, 0) is 9.59 Å². The molecule has 9 heteroatoms. The number of carbonyl (C=O) groups is 2. The van der Waals surface area contributed by atoms with Crippen LogP contribution in [0.2, 0.25) is 5.02 Å². The fourth-order valence-corrected chi connectivity index (χ4v) is 2.60. The molecule has 30 heavy (non-hydrogen) atoms. The van der Waals surface area contributed by atoms with Crippen molar-refractivity contribution in [3.63, 3.8) is 0 Å². The van der Waals surface area contributed by atoms with E-state index in [2.05, 4.69) is 5.32 Å². The zero-order valence-corrected chi connectivity index (χ0v) is 17.0. The number of carboxylic acids is 1. The van der Waals surface area contributed by atoms with E-state index >= 15 is 0 Å². The molecule has 0 aliphatic heterocycles. The Balaban J connectivity index is 2.29. The molecule has 1 amide bonds. The number of methoxy groups -OCH3 is 1. The normalized spacial score (nSPS) is 10.7. The lowest BCUT2D eigenvalue weighted by Crippen LogP contribution is -2.14. The summed E-state index contributed by atoms with van der Waals surface area (Å²) in [5.74, 6) is -0.850. The first-order valence-corrected chi connectivity index (χ1v) is 9.13. The number of amides is 1. The molecular formula is C21H19ClN2O6. The van der Waals surface area contributed by atoms with E-state index < -0.39 is 18.5 Å². The number of hydrogen-bond acceptors (Lipinski definition) is 6. The predicted molar refractivity (Wildman–Crippen MR) is 111 cm³/mol. The predicted octanol–water partition coefficient (Wildman–Crippen LogP) is 3.76. The summed E-state index contributed by atoms with van der Waals surface area (Å²) in [6.45, 7) is 1.55. The second-order valence-electron chi connectivity index (χ2n) is 5.79. The molecular weight excluding hydrogens is 412 g/mol. The van der Waals surface area contributed by atoms with Crippen LogP contribution in [0.15, 0.2) is 42.0 Å². The average Bonchev–Trinajstić information content (AvgIpc) is 2.71. The van der Waals surface area contributed by atoms with Gasteiger partial charge in [-0.25, -0.2) is 4.79 Å². The van der Waals surface area contributed by atoms with Gasteiger partial charge >= 0.3 is 5.97 Å². The second kappa shape index (κ2) is 10.7. The van der Waals surface area contributed by atoms with Gasteiger partial charge in [0.15, 0.2) is 18.1 Å². The zero-order valence-electron chi connectivity index (χ0n) is 16.3. The summed E-state index contributed by atoms with van der Waals surface area (Å²) in [5.41, 5.74) is 0.646. The topological polar surface area (TPSA) is 118 Å². The third-order valence-electron chi connectivity index (χ3n) is 3.70. The van der Waals surface area contributed by atoms with E-state index in [9.17, 15) is 14.9 Å². The van der Waals surface area contributed by atoms with E-state index in [4.69, 9.17) is 30.9 Å². The Morgan fingerprint density at radius 3 is 2.53 bits per heavy atom. The Hall–Kier alpha value is -3.70. The maximum atomic E-state index is 12.6. The van der Waals surface area contributed by atoms with Crippen molar-refractivity contribution in [2.75, 3.05) is 25.6 Å². The number of nitrogens with one attached hydrogen (secondary N) is 1. The van der Waals surface area contributed by atoms with Crippen molar-refractivity contribution in [1.82, 2.24) is 0 Å². The smallest absolute Gasteiger partial charge is 0.341 e. The zero-order chi connectivity index (χ0) is 22.1. The van der Waals surface area contributed by atoms with Crippen LogP contribution in [-0.4, -0.2) is 37.3 Å². The van der Waals surface area contributed by atoms with Crippen molar-refractivity contribution >= 4 is 35.2 Å². The van der Waals surface area contributed by atoms with Gasteiger partial charge in [-0.3, -0.25) is 4.79 Å². The fraction of sp³-hybridized carbons (Fsp3) is 0.190. The highest BCUT2D eigenvalue weighted by molar-refractivity contribution is 6.31. The first kappa shape index (κ1) is 22.6. The average molecular weight is 431 g/mol. The molecule has 0 saturated heterocycles. The molecule has 0 bridgehead atoms. The highest BCUT2D eigenvalue weighted by Crippen LogP contribution is 2.30. The van der Waals surface area contributed by atoms with Crippen LogP contribution in [0.25, 0.3) is 6.08 Å². The van der Waals surface area contributed by atoms with E-state index in [-0.39, 0.29) is 11.3 Å². The van der Waals surface area contributed by atoms with Gasteiger partial charge in [-0.2, -0.15) is 5.26 Å². The molecule has 2 aromatic rings. The van der Waals surface area contributed by atoms with Gasteiger partial charge in [0.1, 0.15) is 17.4 Å². The molecule has 156 valence electrons. The van der Waals surface area contributed by atoms with Crippen LogP contribution >= 0.6 is 11.6 Å². The summed E-state index contributed by atoms with van der Waals surface area (Å²) in [7, 11) is 1.45. The number of rotatable bonds is 9. The molecule has 0 fully saturated rings. The van der Waals surface area contributed by atoms with E-state index in [1.54, 1.807) is 31.2 Å². The van der Waals surface area contributed by atoms with Crippen LogP contribution in [0.5, 0.6) is 17.2 Å². The van der Waals surface area contributed by atoms with E-state index in [1.165, 1.54) is 25.3 Å². The van der Waals surface area contributed by atoms with Crippen LogP contribution in [0, 0.1) is 11.3 Å². The van der Waals surface area contributed by atoms with Crippen molar-refractivity contribution in [3.05, 3.63) is 52.6 Å². The van der Waals surface area contributed by atoms with Crippen molar-refractivity contribution in [2.45, 2.75) is 6.92 Å². The number of aliphatic carboxylic acids is 1. The lowest BCUT2D eigenvalue weighted by atomic mass is 10.1. The molecule has 0 atom stereocenters. The number of benzene rings is 2. The number of carboxylic acid groups (broad SMARTS) is 1. The lowest BCUT2D eigenvalue weighted by molar-refractivity contribution is -0.139. The molecule has 0 radical (unpaired) electrons. The van der Waals surface area contributed by atoms with Crippen LogP contribution in [0.4, 0.5) is 5.69 Å². The van der Waals surface area contributed by atoms with Gasteiger partial charge in [-0.15, -0.1) is 0 Å². The molecule has 2 N–H and O–H groups in total. The van der Waals surface area contributed by atoms with Gasteiger partial charge in [0.05, 0.1) is 19.4 Å². The van der Waals surface area contributed by atoms with Crippen LogP contribution in [0.1, 0.15) is 12.5 Å². The van der Waals surface area contributed by atoms with Gasteiger partial charge in [0.25, 0.3) is 5.91 Å². The Kier molecular flexibility index (Phi) is 8.08. The Bertz CT molecular complexity index is 1010. The fourth-order valence-electron chi connectivity index (χ4n) is 2.42. The molecule has 2 rings (SSSR count). The monoisotopic (exact) mass is 430 g/mol. The number of halogens is 1. The van der Waals surface area contributed by atoms with Gasteiger partial charge in [-0.1, -0.05) is 17.7 Å². The SMILES string of the molecule is CCOc1cc(/C=C(\C#N)C(=O)Nc2cc(Cl)ccc2OC)ccc1OCC(=O)O. The number of nitrogens with zero attached hydrogens (tertiary/aromatic N) is 1. The number of hydrogen-bond donors (Lipinski definition) is 2. The summed E-state index contributed by atoms with van der Waals surface area (Å²) in [6.07, 6.45) is 1.37. The number of ether oxygens (including phenoxy) is 3. The van der Waals surface area contributed by atoms with Crippen molar-refractivity contribution in [2.24, 2.45) is 0 Å². The first-order chi connectivity index (χ1) is 14.4. The molecule has 8 nitrogen and oxygen atoms in total. The van der Waals surface area contributed by atoms with Crippen molar-refractivity contribution in [1.29, 1.82) is 5.26 Å². The number of nitriles is 1. The Labute approximate surface area is 178 Å². The summed E-state index contributed by atoms with van der Waals surface area (Å²) < 4.78 is 15.8. The van der Waals surface area contributed by atoms with Crippen LogP contribution < -0.4 is 19.5 Å². The lowest BCUT2D eigenvalue weighted by Gasteiger charge is -2.12. The maximum absolute atomic E-state index is 12.6. The third kappa shape index (κ3) is 6.15.